The van der Waals surface area contributed by atoms with Crippen molar-refractivity contribution >= 4 is 11.0 Å². The van der Waals surface area contributed by atoms with Gasteiger partial charge in [-0.1, -0.05) is 31.5 Å². The van der Waals surface area contributed by atoms with Gasteiger partial charge in [0.15, 0.2) is 0 Å². The largest absolute Gasteiger partial charge is 0.458 e. The Bertz CT molecular complexity index is 626. The minimum atomic E-state index is -0.840. The maximum absolute atomic E-state index is 10.7. The standard InChI is InChI=1S/C18H21NO2/c1-2-13-7-9-18(12-19,10-8-13)17(20)16-11-14-5-3-4-6-15(14)21-16/h3-6,11,13,17,20H,2,7-10H2,1H3. The lowest BCUT2D eigenvalue weighted by molar-refractivity contribution is 0.0106. The Labute approximate surface area is 125 Å². The van der Waals surface area contributed by atoms with E-state index in [9.17, 15) is 10.4 Å². The molecule has 1 aromatic carbocycles. The van der Waals surface area contributed by atoms with Gasteiger partial charge < -0.3 is 9.52 Å². The molecular formula is C18H21NO2. The number of nitriles is 1. The van der Waals surface area contributed by atoms with Gasteiger partial charge in [0.2, 0.25) is 0 Å². The molecule has 110 valence electrons. The van der Waals surface area contributed by atoms with Gasteiger partial charge in [-0.3, -0.25) is 0 Å². The summed E-state index contributed by atoms with van der Waals surface area (Å²) in [5.41, 5.74) is 0.0707. The zero-order valence-electron chi connectivity index (χ0n) is 12.4. The van der Waals surface area contributed by atoms with Crippen LogP contribution in [0.3, 0.4) is 0 Å². The van der Waals surface area contributed by atoms with E-state index in [1.54, 1.807) is 0 Å². The average Bonchev–Trinajstić information content (AvgIpc) is 2.98. The van der Waals surface area contributed by atoms with Crippen LogP contribution in [0, 0.1) is 22.7 Å². The summed E-state index contributed by atoms with van der Waals surface area (Å²) < 4.78 is 5.76. The van der Waals surface area contributed by atoms with Crippen molar-refractivity contribution in [3.8, 4) is 6.07 Å². The molecule has 0 aliphatic heterocycles. The highest BCUT2D eigenvalue weighted by Gasteiger charge is 2.43. The molecule has 21 heavy (non-hydrogen) atoms. The molecule has 1 atom stereocenters. The molecule has 1 saturated carbocycles. The molecule has 3 nitrogen and oxygen atoms in total. The molecule has 0 amide bonds. The van der Waals surface area contributed by atoms with E-state index in [0.717, 1.165) is 43.1 Å². The summed E-state index contributed by atoms with van der Waals surface area (Å²) >= 11 is 0. The van der Waals surface area contributed by atoms with Crippen molar-refractivity contribution in [1.29, 1.82) is 5.26 Å². The Kier molecular flexibility index (Phi) is 3.73. The summed E-state index contributed by atoms with van der Waals surface area (Å²) in [6.07, 6.45) is 3.85. The quantitative estimate of drug-likeness (QED) is 0.897. The molecule has 1 N–H and O–H groups in total. The molecule has 2 aromatic rings. The van der Waals surface area contributed by atoms with Crippen LogP contribution in [-0.4, -0.2) is 5.11 Å². The van der Waals surface area contributed by atoms with E-state index in [4.69, 9.17) is 4.42 Å². The van der Waals surface area contributed by atoms with Gasteiger partial charge >= 0.3 is 0 Å². The first-order valence-corrected chi connectivity index (χ1v) is 7.76. The van der Waals surface area contributed by atoms with E-state index >= 15 is 0 Å². The van der Waals surface area contributed by atoms with Gasteiger partial charge in [0, 0.05) is 5.39 Å². The van der Waals surface area contributed by atoms with Crippen molar-refractivity contribution < 1.29 is 9.52 Å². The normalized spacial score (nSPS) is 27.4. The number of benzene rings is 1. The van der Waals surface area contributed by atoms with Crippen LogP contribution in [0.25, 0.3) is 11.0 Å². The highest BCUT2D eigenvalue weighted by atomic mass is 16.4. The average molecular weight is 283 g/mol. The fraction of sp³-hybridized carbons (Fsp3) is 0.500. The molecule has 1 aliphatic carbocycles. The van der Waals surface area contributed by atoms with Crippen LogP contribution in [-0.2, 0) is 0 Å². The Hall–Kier alpha value is -1.79. The first kappa shape index (κ1) is 14.2. The third-order valence-electron chi connectivity index (χ3n) is 5.03. The molecular weight excluding hydrogens is 262 g/mol. The van der Waals surface area contributed by atoms with Gasteiger partial charge in [-0.05, 0) is 43.7 Å². The monoisotopic (exact) mass is 283 g/mol. The number of hydrogen-bond acceptors (Lipinski definition) is 3. The van der Waals surface area contributed by atoms with Crippen LogP contribution in [0.1, 0.15) is 50.9 Å². The van der Waals surface area contributed by atoms with E-state index in [1.807, 2.05) is 30.3 Å². The fourth-order valence-corrected chi connectivity index (χ4v) is 3.46. The number of furan rings is 1. The number of fused-ring (bicyclic) bond motifs is 1. The number of rotatable bonds is 3. The molecule has 0 spiro atoms. The van der Waals surface area contributed by atoms with Gasteiger partial charge in [0.05, 0.1) is 11.5 Å². The van der Waals surface area contributed by atoms with E-state index in [1.165, 1.54) is 0 Å². The number of aliphatic hydroxyl groups excluding tert-OH is 1. The second-order valence-electron chi connectivity index (χ2n) is 6.21. The first-order valence-electron chi connectivity index (χ1n) is 7.76. The molecule has 1 aliphatic rings. The highest BCUT2D eigenvalue weighted by molar-refractivity contribution is 5.77. The van der Waals surface area contributed by atoms with E-state index < -0.39 is 11.5 Å². The highest BCUT2D eigenvalue weighted by Crippen LogP contribution is 2.48. The number of para-hydroxylation sites is 1. The zero-order chi connectivity index (χ0) is 14.9. The van der Waals surface area contributed by atoms with Gasteiger partial charge in [-0.15, -0.1) is 0 Å². The molecule has 3 heteroatoms. The van der Waals surface area contributed by atoms with Crippen LogP contribution in [0.5, 0.6) is 0 Å². The van der Waals surface area contributed by atoms with Crippen molar-refractivity contribution in [2.24, 2.45) is 11.3 Å². The summed E-state index contributed by atoms with van der Waals surface area (Å²) in [5, 5.41) is 21.4. The predicted octanol–water partition coefficient (Wildman–Crippen LogP) is 4.58. The van der Waals surface area contributed by atoms with Crippen LogP contribution in [0.15, 0.2) is 34.7 Å². The lowest BCUT2D eigenvalue weighted by Gasteiger charge is -2.37. The van der Waals surface area contributed by atoms with E-state index in [2.05, 4.69) is 13.0 Å². The van der Waals surface area contributed by atoms with Crippen molar-refractivity contribution in [3.63, 3.8) is 0 Å². The summed E-state index contributed by atoms with van der Waals surface area (Å²) in [7, 11) is 0. The smallest absolute Gasteiger partial charge is 0.135 e. The first-order chi connectivity index (χ1) is 10.2. The fourth-order valence-electron chi connectivity index (χ4n) is 3.46. The van der Waals surface area contributed by atoms with Crippen LogP contribution < -0.4 is 0 Å². The van der Waals surface area contributed by atoms with Gasteiger partial charge in [0.1, 0.15) is 17.4 Å². The maximum Gasteiger partial charge on any atom is 0.135 e. The number of aliphatic hydroxyl groups is 1. The second kappa shape index (κ2) is 5.54. The van der Waals surface area contributed by atoms with Crippen LogP contribution in [0.4, 0.5) is 0 Å². The number of nitrogens with zero attached hydrogens (tertiary/aromatic N) is 1. The molecule has 1 unspecified atom stereocenters. The maximum atomic E-state index is 10.7. The Balaban J connectivity index is 1.89. The van der Waals surface area contributed by atoms with Crippen molar-refractivity contribution in [2.45, 2.75) is 45.1 Å². The summed E-state index contributed by atoms with van der Waals surface area (Å²) in [6, 6.07) is 12.0. The van der Waals surface area contributed by atoms with Crippen molar-refractivity contribution in [2.75, 3.05) is 0 Å². The summed E-state index contributed by atoms with van der Waals surface area (Å²) in [4.78, 5) is 0. The number of hydrogen-bond donors (Lipinski definition) is 1. The molecule has 1 aromatic heterocycles. The van der Waals surface area contributed by atoms with Crippen LogP contribution >= 0.6 is 0 Å². The Morgan fingerprint density at radius 1 is 1.38 bits per heavy atom. The second-order valence-corrected chi connectivity index (χ2v) is 6.21. The SMILES string of the molecule is CCC1CCC(C#N)(C(O)c2cc3ccccc3o2)CC1. The van der Waals surface area contributed by atoms with E-state index in [0.29, 0.717) is 11.7 Å². The topological polar surface area (TPSA) is 57.2 Å². The molecule has 0 radical (unpaired) electrons. The van der Waals surface area contributed by atoms with Crippen molar-refractivity contribution in [3.05, 3.63) is 36.1 Å². The third-order valence-corrected chi connectivity index (χ3v) is 5.03. The van der Waals surface area contributed by atoms with Crippen LogP contribution in [0.2, 0.25) is 0 Å². The molecule has 0 bridgehead atoms. The lowest BCUT2D eigenvalue weighted by atomic mass is 9.67. The zero-order valence-corrected chi connectivity index (χ0v) is 12.4. The predicted molar refractivity (Wildman–Crippen MR) is 81.5 cm³/mol. The minimum Gasteiger partial charge on any atom is -0.458 e. The van der Waals surface area contributed by atoms with Gasteiger partial charge in [-0.25, -0.2) is 0 Å². The summed E-state index contributed by atoms with van der Waals surface area (Å²) in [6.45, 7) is 2.19. The minimum absolute atomic E-state index is 0.521. The van der Waals surface area contributed by atoms with Gasteiger partial charge in [-0.2, -0.15) is 5.26 Å². The Morgan fingerprint density at radius 2 is 2.10 bits per heavy atom. The summed E-state index contributed by atoms with van der Waals surface area (Å²) in [5.74, 6) is 1.21. The van der Waals surface area contributed by atoms with Gasteiger partial charge in [0.25, 0.3) is 0 Å². The molecule has 3 rings (SSSR count). The molecule has 1 fully saturated rings. The third kappa shape index (κ3) is 2.45. The Morgan fingerprint density at radius 3 is 2.71 bits per heavy atom. The molecule has 0 saturated heterocycles. The van der Waals surface area contributed by atoms with E-state index in [-0.39, 0.29) is 0 Å². The lowest BCUT2D eigenvalue weighted by Crippen LogP contribution is -2.32. The van der Waals surface area contributed by atoms with Crippen molar-refractivity contribution in [1.82, 2.24) is 0 Å². The molecule has 1 heterocycles.